The lowest BCUT2D eigenvalue weighted by Crippen LogP contribution is -2.22. The van der Waals surface area contributed by atoms with E-state index in [1.165, 1.54) is 30.4 Å². The molecule has 0 fully saturated rings. The molecule has 26 heavy (non-hydrogen) atoms. The number of halogens is 2. The summed E-state index contributed by atoms with van der Waals surface area (Å²) in [6, 6.07) is 4.17. The summed E-state index contributed by atoms with van der Waals surface area (Å²) in [6.07, 6.45) is 0. The first-order chi connectivity index (χ1) is 12.2. The lowest BCUT2D eigenvalue weighted by molar-refractivity contribution is -0.119. The van der Waals surface area contributed by atoms with E-state index < -0.39 is 24.3 Å². The number of hydrogen-bond acceptors (Lipinski definition) is 5. The summed E-state index contributed by atoms with van der Waals surface area (Å²) >= 11 is 4.37. The highest BCUT2D eigenvalue weighted by Gasteiger charge is 2.22. The van der Waals surface area contributed by atoms with E-state index in [-0.39, 0.29) is 17.2 Å². The molecule has 0 aliphatic rings. The summed E-state index contributed by atoms with van der Waals surface area (Å²) in [5.41, 5.74) is 0.865. The molecule has 2 aromatic rings. The van der Waals surface area contributed by atoms with Gasteiger partial charge in [-0.25, -0.2) is 9.18 Å². The molecular weight excluding hydrogens is 427 g/mol. The number of hydrogen-bond donors (Lipinski definition) is 2. The molecule has 0 unspecified atom stereocenters. The highest BCUT2D eigenvalue weighted by Crippen LogP contribution is 2.33. The molecular formula is C17H16BrFN2O4S. The number of carbonyl (C=O) groups is 3. The van der Waals surface area contributed by atoms with Gasteiger partial charge in [0.2, 0.25) is 5.91 Å². The molecule has 1 aromatic heterocycles. The standard InChI is InChI=1S/C17H16BrFN2O4S/c1-8-9(2)26-16(20-10(3)22)15(8)17(24)25-7-14(23)21-13-5-4-11(18)6-12(13)19/h4-6H,7H2,1-3H3,(H,20,22)(H,21,23). The Balaban J connectivity index is 2.04. The Morgan fingerprint density at radius 3 is 2.54 bits per heavy atom. The predicted octanol–water partition coefficient (Wildman–Crippen LogP) is 4.02. The highest BCUT2D eigenvalue weighted by atomic mass is 79.9. The van der Waals surface area contributed by atoms with Gasteiger partial charge in [0.15, 0.2) is 6.61 Å². The molecule has 6 nitrogen and oxygen atoms in total. The molecule has 0 aliphatic carbocycles. The fourth-order valence-electron chi connectivity index (χ4n) is 2.10. The first kappa shape index (κ1) is 20.1. The zero-order chi connectivity index (χ0) is 19.4. The van der Waals surface area contributed by atoms with E-state index in [9.17, 15) is 18.8 Å². The van der Waals surface area contributed by atoms with Crippen LogP contribution >= 0.6 is 27.3 Å². The number of ether oxygens (including phenoxy) is 1. The van der Waals surface area contributed by atoms with Crippen LogP contribution in [-0.4, -0.2) is 24.4 Å². The first-order valence-electron chi connectivity index (χ1n) is 7.48. The molecule has 0 atom stereocenters. The van der Waals surface area contributed by atoms with Crippen LogP contribution in [0.4, 0.5) is 15.1 Å². The van der Waals surface area contributed by atoms with E-state index in [1.54, 1.807) is 13.0 Å². The first-order valence-corrected chi connectivity index (χ1v) is 9.09. The molecule has 138 valence electrons. The Labute approximate surface area is 161 Å². The summed E-state index contributed by atoms with van der Waals surface area (Å²) in [6.45, 7) is 4.29. The topological polar surface area (TPSA) is 84.5 Å². The summed E-state index contributed by atoms with van der Waals surface area (Å²) in [4.78, 5) is 36.4. The van der Waals surface area contributed by atoms with Crippen molar-refractivity contribution in [3.05, 3.63) is 44.5 Å². The second-order valence-electron chi connectivity index (χ2n) is 5.42. The lowest BCUT2D eigenvalue weighted by atomic mass is 10.1. The number of esters is 1. The number of anilines is 2. The minimum atomic E-state index is -0.734. The van der Waals surface area contributed by atoms with Crippen LogP contribution in [-0.2, 0) is 14.3 Å². The van der Waals surface area contributed by atoms with Gasteiger partial charge in [-0.2, -0.15) is 0 Å². The molecule has 0 aliphatic heterocycles. The molecule has 1 heterocycles. The van der Waals surface area contributed by atoms with E-state index in [0.717, 1.165) is 4.88 Å². The number of aryl methyl sites for hydroxylation is 1. The summed E-state index contributed by atoms with van der Waals surface area (Å²) in [7, 11) is 0. The van der Waals surface area contributed by atoms with E-state index in [2.05, 4.69) is 26.6 Å². The third-order valence-corrected chi connectivity index (χ3v) is 5.03. The third kappa shape index (κ3) is 4.89. The van der Waals surface area contributed by atoms with Crippen LogP contribution in [0.1, 0.15) is 27.7 Å². The van der Waals surface area contributed by atoms with Crippen molar-refractivity contribution in [2.75, 3.05) is 17.2 Å². The van der Waals surface area contributed by atoms with Crippen LogP contribution in [0.15, 0.2) is 22.7 Å². The minimum Gasteiger partial charge on any atom is -0.452 e. The van der Waals surface area contributed by atoms with Gasteiger partial charge in [-0.15, -0.1) is 11.3 Å². The highest BCUT2D eigenvalue weighted by molar-refractivity contribution is 9.10. The molecule has 0 bridgehead atoms. The normalized spacial score (nSPS) is 10.3. The summed E-state index contributed by atoms with van der Waals surface area (Å²) < 4.78 is 19.3. The SMILES string of the molecule is CC(=O)Nc1sc(C)c(C)c1C(=O)OCC(=O)Nc1ccc(Br)cc1F. The van der Waals surface area contributed by atoms with Crippen LogP contribution in [0.5, 0.6) is 0 Å². The van der Waals surface area contributed by atoms with Crippen LogP contribution in [0, 0.1) is 19.7 Å². The number of benzene rings is 1. The van der Waals surface area contributed by atoms with Crippen LogP contribution in [0.3, 0.4) is 0 Å². The second kappa shape index (κ2) is 8.41. The molecule has 2 amide bonds. The fourth-order valence-corrected chi connectivity index (χ4v) is 3.53. The molecule has 0 saturated heterocycles. The third-order valence-electron chi connectivity index (χ3n) is 3.42. The van der Waals surface area contributed by atoms with Gasteiger partial charge in [0.05, 0.1) is 11.3 Å². The monoisotopic (exact) mass is 442 g/mol. The van der Waals surface area contributed by atoms with E-state index in [1.807, 2.05) is 6.92 Å². The Bertz CT molecular complexity index is 882. The van der Waals surface area contributed by atoms with Crippen molar-refractivity contribution in [1.82, 2.24) is 0 Å². The van der Waals surface area contributed by atoms with Crippen molar-refractivity contribution in [2.45, 2.75) is 20.8 Å². The van der Waals surface area contributed by atoms with Crippen molar-refractivity contribution in [3.8, 4) is 0 Å². The Morgan fingerprint density at radius 1 is 1.23 bits per heavy atom. The van der Waals surface area contributed by atoms with Gasteiger partial charge in [-0.3, -0.25) is 9.59 Å². The number of nitrogens with one attached hydrogen (secondary N) is 2. The van der Waals surface area contributed by atoms with Gasteiger partial charge >= 0.3 is 5.97 Å². The molecule has 0 saturated carbocycles. The number of thiophene rings is 1. The number of rotatable bonds is 5. The van der Waals surface area contributed by atoms with Gasteiger partial charge in [0, 0.05) is 16.3 Å². The van der Waals surface area contributed by atoms with Crippen molar-refractivity contribution in [2.24, 2.45) is 0 Å². The molecule has 1 aromatic carbocycles. The van der Waals surface area contributed by atoms with Gasteiger partial charge in [0.25, 0.3) is 5.91 Å². The van der Waals surface area contributed by atoms with Crippen molar-refractivity contribution in [3.63, 3.8) is 0 Å². The van der Waals surface area contributed by atoms with E-state index in [4.69, 9.17) is 4.74 Å². The smallest absolute Gasteiger partial charge is 0.341 e. The molecule has 9 heteroatoms. The molecule has 0 radical (unpaired) electrons. The largest absolute Gasteiger partial charge is 0.452 e. The van der Waals surface area contributed by atoms with Gasteiger partial charge in [-0.1, -0.05) is 15.9 Å². The zero-order valence-corrected chi connectivity index (χ0v) is 16.6. The minimum absolute atomic E-state index is 0.0178. The van der Waals surface area contributed by atoms with Crippen LogP contribution in [0.25, 0.3) is 0 Å². The number of carbonyl (C=O) groups excluding carboxylic acids is 3. The Hall–Kier alpha value is -2.26. The lowest BCUT2D eigenvalue weighted by Gasteiger charge is -2.09. The fraction of sp³-hybridized carbons (Fsp3) is 0.235. The van der Waals surface area contributed by atoms with Crippen molar-refractivity contribution < 1.29 is 23.5 Å². The maximum atomic E-state index is 13.7. The van der Waals surface area contributed by atoms with Crippen molar-refractivity contribution in [1.29, 1.82) is 0 Å². The summed E-state index contributed by atoms with van der Waals surface area (Å²) in [5.74, 6) is -2.34. The number of amides is 2. The van der Waals surface area contributed by atoms with Gasteiger partial charge in [-0.05, 0) is 37.6 Å². The average molecular weight is 443 g/mol. The molecule has 2 rings (SSSR count). The quantitative estimate of drug-likeness (QED) is 0.684. The Kier molecular flexibility index (Phi) is 6.49. The maximum absolute atomic E-state index is 13.7. The van der Waals surface area contributed by atoms with E-state index >= 15 is 0 Å². The molecule has 0 spiro atoms. The van der Waals surface area contributed by atoms with Crippen molar-refractivity contribution >= 4 is 55.7 Å². The average Bonchev–Trinajstić information content (AvgIpc) is 2.81. The van der Waals surface area contributed by atoms with Crippen LogP contribution < -0.4 is 10.6 Å². The second-order valence-corrected chi connectivity index (χ2v) is 7.56. The zero-order valence-electron chi connectivity index (χ0n) is 14.2. The predicted molar refractivity (Wildman–Crippen MR) is 101 cm³/mol. The summed E-state index contributed by atoms with van der Waals surface area (Å²) in [5, 5.41) is 5.28. The Morgan fingerprint density at radius 2 is 1.92 bits per heavy atom. The van der Waals surface area contributed by atoms with E-state index in [0.29, 0.717) is 15.0 Å². The van der Waals surface area contributed by atoms with Gasteiger partial charge < -0.3 is 15.4 Å². The van der Waals surface area contributed by atoms with Crippen LogP contribution in [0.2, 0.25) is 0 Å². The molecule has 2 N–H and O–H groups in total. The maximum Gasteiger partial charge on any atom is 0.341 e. The van der Waals surface area contributed by atoms with Gasteiger partial charge in [0.1, 0.15) is 10.8 Å².